The number of likely N-dealkylation sites (N-methyl/N-ethyl adjacent to an activating group) is 1. The lowest BCUT2D eigenvalue weighted by molar-refractivity contribution is -0.139. The van der Waals surface area contributed by atoms with Crippen molar-refractivity contribution in [2.75, 3.05) is 13.6 Å². The predicted octanol–water partition coefficient (Wildman–Crippen LogP) is -0.105. The van der Waals surface area contributed by atoms with Crippen molar-refractivity contribution in [2.24, 2.45) is 16.5 Å². The summed E-state index contributed by atoms with van der Waals surface area (Å²) in [5.41, 5.74) is 11.5. The molecule has 0 aliphatic heterocycles. The van der Waals surface area contributed by atoms with Crippen LogP contribution in [0.2, 0.25) is 0 Å². The molecular formula is C14H23ClN4O4S. The summed E-state index contributed by atoms with van der Waals surface area (Å²) in [6.07, 6.45) is -0.154. The Morgan fingerprint density at radius 1 is 1.29 bits per heavy atom. The molecule has 136 valence electrons. The highest BCUT2D eigenvalue weighted by Crippen LogP contribution is 2.21. The molecule has 0 aromatic heterocycles. The fourth-order valence-corrected chi connectivity index (χ4v) is 3.65. The maximum Gasteiger partial charge on any atom is 0.320 e. The molecule has 1 rings (SSSR count). The second-order valence-corrected chi connectivity index (χ2v) is 7.39. The van der Waals surface area contributed by atoms with E-state index in [4.69, 9.17) is 16.6 Å². The Bertz CT molecular complexity index is 673. The van der Waals surface area contributed by atoms with Gasteiger partial charge in [-0.3, -0.25) is 9.79 Å². The summed E-state index contributed by atoms with van der Waals surface area (Å²) in [4.78, 5) is 15.0. The number of nitrogens with one attached hydrogen (secondary N) is 1. The lowest BCUT2D eigenvalue weighted by Crippen LogP contribution is -2.40. The van der Waals surface area contributed by atoms with E-state index in [2.05, 4.69) is 10.3 Å². The molecule has 0 aliphatic rings. The Morgan fingerprint density at radius 2 is 1.83 bits per heavy atom. The highest BCUT2D eigenvalue weighted by Gasteiger charge is 2.32. The number of aliphatic carboxylic acids is 1. The molecule has 0 aliphatic carbocycles. The highest BCUT2D eigenvalue weighted by atomic mass is 35.5. The zero-order valence-electron chi connectivity index (χ0n) is 13.5. The van der Waals surface area contributed by atoms with Crippen LogP contribution in [0.5, 0.6) is 0 Å². The van der Waals surface area contributed by atoms with Crippen LogP contribution in [0, 0.1) is 6.92 Å². The Labute approximate surface area is 147 Å². The minimum Gasteiger partial charge on any atom is -0.480 e. The van der Waals surface area contributed by atoms with Crippen LogP contribution in [-0.4, -0.2) is 50.3 Å². The average Bonchev–Trinajstić information content (AvgIpc) is 2.47. The second kappa shape index (κ2) is 9.45. The molecule has 0 saturated heterocycles. The maximum absolute atomic E-state index is 12.8. The van der Waals surface area contributed by atoms with Gasteiger partial charge in [0.1, 0.15) is 6.04 Å². The zero-order chi connectivity index (χ0) is 17.6. The molecule has 0 fully saturated rings. The Kier molecular flexibility index (Phi) is 8.73. The Hall–Kier alpha value is -1.84. The van der Waals surface area contributed by atoms with E-state index < -0.39 is 27.1 Å². The number of carboxylic acid groups (broad SMARTS) is 1. The first-order valence-electron chi connectivity index (χ1n) is 6.94. The first-order valence-corrected chi connectivity index (χ1v) is 8.49. The minimum atomic E-state index is -3.77. The molecule has 0 spiro atoms. The fourth-order valence-electron chi connectivity index (χ4n) is 2.03. The van der Waals surface area contributed by atoms with Gasteiger partial charge in [0.05, 0.1) is 16.7 Å². The summed E-state index contributed by atoms with van der Waals surface area (Å²) in [6.45, 7) is 1.64. The first kappa shape index (κ1) is 22.2. The topological polar surface area (TPSA) is 148 Å². The lowest BCUT2D eigenvalue weighted by Gasteiger charge is -2.20. The molecule has 1 aromatic rings. The van der Waals surface area contributed by atoms with Gasteiger partial charge < -0.3 is 21.9 Å². The molecular weight excluding hydrogens is 356 g/mol. The summed E-state index contributed by atoms with van der Waals surface area (Å²) in [5, 5.41) is 10.7. The van der Waals surface area contributed by atoms with Crippen molar-refractivity contribution in [1.29, 1.82) is 0 Å². The molecule has 1 aromatic carbocycles. The van der Waals surface area contributed by atoms with Crippen molar-refractivity contribution >= 4 is 34.2 Å². The van der Waals surface area contributed by atoms with Gasteiger partial charge in [-0.2, -0.15) is 0 Å². The number of hydrogen-bond acceptors (Lipinski definition) is 5. The Balaban J connectivity index is 0.00000529. The van der Waals surface area contributed by atoms with Gasteiger partial charge in [-0.15, -0.1) is 12.4 Å². The number of hydrogen-bond donors (Lipinski definition) is 4. The summed E-state index contributed by atoms with van der Waals surface area (Å²) in [6, 6.07) is 5.31. The van der Waals surface area contributed by atoms with E-state index >= 15 is 0 Å². The molecule has 0 bridgehead atoms. The average molecular weight is 379 g/mol. The number of halogens is 1. The lowest BCUT2D eigenvalue weighted by atomic mass is 10.1. The quantitative estimate of drug-likeness (QED) is 0.364. The van der Waals surface area contributed by atoms with Gasteiger partial charge in [0.2, 0.25) is 0 Å². The summed E-state index contributed by atoms with van der Waals surface area (Å²) >= 11 is 0. The van der Waals surface area contributed by atoms with Crippen molar-refractivity contribution in [3.8, 4) is 0 Å². The molecule has 0 saturated carbocycles. The molecule has 8 nitrogen and oxygen atoms in total. The van der Waals surface area contributed by atoms with E-state index in [1.165, 1.54) is 19.2 Å². The van der Waals surface area contributed by atoms with Crippen LogP contribution in [0.15, 0.2) is 34.2 Å². The number of rotatable bonds is 8. The molecule has 2 atom stereocenters. The van der Waals surface area contributed by atoms with Gasteiger partial charge >= 0.3 is 5.97 Å². The van der Waals surface area contributed by atoms with E-state index in [1.54, 1.807) is 12.1 Å². The van der Waals surface area contributed by atoms with Crippen LogP contribution in [0.1, 0.15) is 12.0 Å². The number of benzene rings is 1. The molecule has 24 heavy (non-hydrogen) atoms. The van der Waals surface area contributed by atoms with Crippen LogP contribution in [0.3, 0.4) is 0 Å². The van der Waals surface area contributed by atoms with Crippen molar-refractivity contribution in [1.82, 2.24) is 5.32 Å². The number of sulfone groups is 1. The molecule has 0 radical (unpaired) electrons. The van der Waals surface area contributed by atoms with Crippen LogP contribution in [0.25, 0.3) is 0 Å². The summed E-state index contributed by atoms with van der Waals surface area (Å²) in [5.74, 6) is -1.38. The first-order chi connectivity index (χ1) is 10.7. The van der Waals surface area contributed by atoms with Gasteiger partial charge in [-0.05, 0) is 32.5 Å². The standard InChI is InChI=1S/C14H22N4O4S.ClH/c1-9-3-5-10(6-4-9)23(21,22)11(8-18-14(15)16)7-12(17-2)13(19)20;/h3-6,11-12,17H,7-8H2,1-2H3,(H,19,20)(H4,15,16,18);1H/t11?,12-;/m0./s1. The van der Waals surface area contributed by atoms with Crippen LogP contribution in [0.4, 0.5) is 0 Å². The number of aliphatic imine (C=N–C) groups is 1. The van der Waals surface area contributed by atoms with Crippen molar-refractivity contribution < 1.29 is 18.3 Å². The van der Waals surface area contributed by atoms with Gasteiger partial charge in [-0.25, -0.2) is 8.42 Å². The van der Waals surface area contributed by atoms with Gasteiger partial charge in [0.15, 0.2) is 15.8 Å². The van der Waals surface area contributed by atoms with E-state index in [-0.39, 0.29) is 36.2 Å². The highest BCUT2D eigenvalue weighted by molar-refractivity contribution is 7.92. The Morgan fingerprint density at radius 3 is 2.25 bits per heavy atom. The SMILES string of the molecule is CN[C@@H](CC(CN=C(N)N)S(=O)(=O)c1ccc(C)cc1)C(=O)O.Cl. The van der Waals surface area contributed by atoms with Crippen molar-refractivity contribution in [2.45, 2.75) is 29.5 Å². The number of guanidine groups is 1. The number of carboxylic acids is 1. The van der Waals surface area contributed by atoms with Crippen molar-refractivity contribution in [3.63, 3.8) is 0 Å². The van der Waals surface area contributed by atoms with Crippen LogP contribution < -0.4 is 16.8 Å². The number of nitrogens with zero attached hydrogens (tertiary/aromatic N) is 1. The summed E-state index contributed by atoms with van der Waals surface area (Å²) in [7, 11) is -2.32. The number of carbonyl (C=O) groups is 1. The van der Waals surface area contributed by atoms with Crippen molar-refractivity contribution in [3.05, 3.63) is 29.8 Å². The van der Waals surface area contributed by atoms with Crippen LogP contribution in [-0.2, 0) is 14.6 Å². The molecule has 10 heteroatoms. The largest absolute Gasteiger partial charge is 0.480 e. The van der Waals surface area contributed by atoms with E-state index in [1.807, 2.05) is 6.92 Å². The number of aryl methyl sites for hydroxylation is 1. The normalized spacial score (nSPS) is 13.4. The van der Waals surface area contributed by atoms with Crippen LogP contribution >= 0.6 is 12.4 Å². The third kappa shape index (κ3) is 5.99. The van der Waals surface area contributed by atoms with E-state index in [0.29, 0.717) is 0 Å². The predicted molar refractivity (Wildman–Crippen MR) is 95.2 cm³/mol. The molecule has 1 unspecified atom stereocenters. The second-order valence-electron chi connectivity index (χ2n) is 5.16. The van der Waals surface area contributed by atoms with Gasteiger partial charge in [-0.1, -0.05) is 17.7 Å². The molecule has 0 heterocycles. The van der Waals surface area contributed by atoms with Gasteiger partial charge in [0.25, 0.3) is 0 Å². The van der Waals surface area contributed by atoms with E-state index in [0.717, 1.165) is 5.56 Å². The zero-order valence-corrected chi connectivity index (χ0v) is 15.1. The maximum atomic E-state index is 12.8. The molecule has 0 amide bonds. The van der Waals surface area contributed by atoms with Gasteiger partial charge in [0, 0.05) is 0 Å². The van der Waals surface area contributed by atoms with E-state index in [9.17, 15) is 13.2 Å². The smallest absolute Gasteiger partial charge is 0.320 e. The third-order valence-electron chi connectivity index (χ3n) is 3.41. The monoisotopic (exact) mass is 378 g/mol. The number of nitrogens with two attached hydrogens (primary N) is 2. The summed E-state index contributed by atoms with van der Waals surface area (Å²) < 4.78 is 25.5. The molecule has 6 N–H and O–H groups in total. The fraction of sp³-hybridized carbons (Fsp3) is 0.429. The third-order valence-corrected chi connectivity index (χ3v) is 5.56. The minimum absolute atomic E-state index is 0.